The first kappa shape index (κ1) is 14.6. The summed E-state index contributed by atoms with van der Waals surface area (Å²) in [6.07, 6.45) is 5.95. The fourth-order valence-corrected chi connectivity index (χ4v) is 2.37. The number of amides is 2. The van der Waals surface area contributed by atoms with Gasteiger partial charge in [0.2, 0.25) is 11.8 Å². The van der Waals surface area contributed by atoms with Crippen LogP contribution in [0.1, 0.15) is 34.1 Å². The van der Waals surface area contributed by atoms with Crippen LogP contribution >= 0.6 is 0 Å². The van der Waals surface area contributed by atoms with Gasteiger partial charge >= 0.3 is 0 Å². The summed E-state index contributed by atoms with van der Waals surface area (Å²) in [6, 6.07) is -0.877. The van der Waals surface area contributed by atoms with E-state index in [0.29, 0.717) is 12.3 Å². The number of terminal acetylenes is 1. The lowest BCUT2D eigenvalue weighted by Gasteiger charge is -2.40. The Balaban J connectivity index is 2.94. The molecule has 0 aromatic carbocycles. The third-order valence-electron chi connectivity index (χ3n) is 3.10. The van der Waals surface area contributed by atoms with Gasteiger partial charge in [0.25, 0.3) is 0 Å². The van der Waals surface area contributed by atoms with Crippen molar-refractivity contribution in [2.75, 3.05) is 6.54 Å². The molecule has 0 spiro atoms. The molecule has 0 bridgehead atoms. The van der Waals surface area contributed by atoms with Gasteiger partial charge in [-0.25, -0.2) is 0 Å². The largest absolute Gasteiger partial charge is 0.342 e. The van der Waals surface area contributed by atoms with Gasteiger partial charge in [-0.3, -0.25) is 9.59 Å². The maximum Gasteiger partial charge on any atom is 0.246 e. The van der Waals surface area contributed by atoms with E-state index in [0.717, 1.165) is 0 Å². The van der Waals surface area contributed by atoms with Crippen molar-refractivity contribution in [3.05, 3.63) is 0 Å². The predicted molar refractivity (Wildman–Crippen MR) is 70.6 cm³/mol. The van der Waals surface area contributed by atoms with E-state index in [2.05, 4.69) is 11.2 Å². The highest BCUT2D eigenvalue weighted by molar-refractivity contribution is 5.97. The molecule has 1 N–H and O–H groups in total. The van der Waals surface area contributed by atoms with Crippen molar-refractivity contribution in [2.45, 2.75) is 46.2 Å². The summed E-state index contributed by atoms with van der Waals surface area (Å²) >= 11 is 0. The summed E-state index contributed by atoms with van der Waals surface area (Å²) in [7, 11) is 0. The molecule has 2 amide bonds. The van der Waals surface area contributed by atoms with Gasteiger partial charge in [0.15, 0.2) is 0 Å². The second kappa shape index (κ2) is 5.90. The van der Waals surface area contributed by atoms with Crippen molar-refractivity contribution < 1.29 is 9.59 Å². The molecule has 100 valence electrons. The molecule has 0 aliphatic carbocycles. The third-order valence-corrected chi connectivity index (χ3v) is 3.10. The molecular weight excluding hydrogens is 228 g/mol. The van der Waals surface area contributed by atoms with Crippen LogP contribution in [-0.4, -0.2) is 35.3 Å². The van der Waals surface area contributed by atoms with Gasteiger partial charge < -0.3 is 10.2 Å². The SMILES string of the molecule is C#CCN1C(=O)C(CC(C)C)NC(=O)C1C(C)C. The molecule has 4 heteroatoms. The highest BCUT2D eigenvalue weighted by Crippen LogP contribution is 2.20. The van der Waals surface area contributed by atoms with Gasteiger partial charge in [-0.2, -0.15) is 0 Å². The van der Waals surface area contributed by atoms with E-state index in [1.165, 1.54) is 4.90 Å². The lowest BCUT2D eigenvalue weighted by atomic mass is 9.94. The summed E-state index contributed by atoms with van der Waals surface area (Å²) in [5, 5.41) is 2.82. The number of piperazine rings is 1. The van der Waals surface area contributed by atoms with Crippen molar-refractivity contribution in [3.8, 4) is 12.3 Å². The Bertz CT molecular complexity index is 368. The van der Waals surface area contributed by atoms with E-state index in [9.17, 15) is 9.59 Å². The van der Waals surface area contributed by atoms with Crippen LogP contribution in [0.5, 0.6) is 0 Å². The second-order valence-electron chi connectivity index (χ2n) is 5.55. The molecule has 1 rings (SSSR count). The molecule has 1 aliphatic heterocycles. The summed E-state index contributed by atoms with van der Waals surface area (Å²) in [5.41, 5.74) is 0. The fraction of sp³-hybridized carbons (Fsp3) is 0.714. The summed E-state index contributed by atoms with van der Waals surface area (Å²) < 4.78 is 0. The van der Waals surface area contributed by atoms with Crippen LogP contribution in [0, 0.1) is 24.2 Å². The zero-order valence-corrected chi connectivity index (χ0v) is 11.6. The van der Waals surface area contributed by atoms with Crippen molar-refractivity contribution in [1.29, 1.82) is 0 Å². The maximum atomic E-state index is 12.3. The van der Waals surface area contributed by atoms with Crippen LogP contribution in [-0.2, 0) is 9.59 Å². The normalized spacial score (nSPS) is 24.4. The van der Waals surface area contributed by atoms with Crippen molar-refractivity contribution in [2.24, 2.45) is 11.8 Å². The summed E-state index contributed by atoms with van der Waals surface area (Å²) in [6.45, 7) is 8.09. The molecule has 1 heterocycles. The molecule has 0 radical (unpaired) electrons. The molecule has 18 heavy (non-hydrogen) atoms. The van der Waals surface area contributed by atoms with Crippen molar-refractivity contribution in [1.82, 2.24) is 10.2 Å². The van der Waals surface area contributed by atoms with E-state index in [4.69, 9.17) is 6.42 Å². The molecule has 1 saturated heterocycles. The average molecular weight is 250 g/mol. The van der Waals surface area contributed by atoms with Crippen LogP contribution in [0.2, 0.25) is 0 Å². The first-order valence-electron chi connectivity index (χ1n) is 6.42. The maximum absolute atomic E-state index is 12.3. The van der Waals surface area contributed by atoms with E-state index in [1.807, 2.05) is 27.7 Å². The monoisotopic (exact) mass is 250 g/mol. The molecule has 1 aliphatic rings. The van der Waals surface area contributed by atoms with E-state index in [1.54, 1.807) is 0 Å². The summed E-state index contributed by atoms with van der Waals surface area (Å²) in [5.74, 6) is 2.73. The highest BCUT2D eigenvalue weighted by Gasteiger charge is 2.41. The number of hydrogen-bond acceptors (Lipinski definition) is 2. The second-order valence-corrected chi connectivity index (χ2v) is 5.55. The Morgan fingerprint density at radius 3 is 2.39 bits per heavy atom. The lowest BCUT2D eigenvalue weighted by Crippen LogP contribution is -2.65. The van der Waals surface area contributed by atoms with Gasteiger partial charge in [-0.1, -0.05) is 33.6 Å². The van der Waals surface area contributed by atoms with Crippen LogP contribution in [0.15, 0.2) is 0 Å². The van der Waals surface area contributed by atoms with Gasteiger partial charge in [0, 0.05) is 0 Å². The number of carbonyl (C=O) groups is 2. The zero-order chi connectivity index (χ0) is 13.9. The molecular formula is C14H22N2O2. The molecule has 4 nitrogen and oxygen atoms in total. The number of carbonyl (C=O) groups excluding carboxylic acids is 2. The highest BCUT2D eigenvalue weighted by atomic mass is 16.2. The van der Waals surface area contributed by atoms with Crippen LogP contribution in [0.25, 0.3) is 0 Å². The Hall–Kier alpha value is -1.50. The van der Waals surface area contributed by atoms with Crippen LogP contribution in [0.3, 0.4) is 0 Å². The topological polar surface area (TPSA) is 49.4 Å². The number of nitrogens with one attached hydrogen (secondary N) is 1. The van der Waals surface area contributed by atoms with E-state index < -0.39 is 12.1 Å². The first-order valence-corrected chi connectivity index (χ1v) is 6.42. The molecule has 0 aromatic rings. The van der Waals surface area contributed by atoms with Gasteiger partial charge in [-0.05, 0) is 18.3 Å². The minimum Gasteiger partial charge on any atom is -0.342 e. The first-order chi connectivity index (χ1) is 8.38. The lowest BCUT2D eigenvalue weighted by molar-refractivity contribution is -0.150. The van der Waals surface area contributed by atoms with E-state index >= 15 is 0 Å². The zero-order valence-electron chi connectivity index (χ0n) is 11.6. The van der Waals surface area contributed by atoms with Gasteiger partial charge in [0.05, 0.1) is 6.54 Å². The molecule has 2 atom stereocenters. The Morgan fingerprint density at radius 1 is 1.33 bits per heavy atom. The molecule has 2 unspecified atom stereocenters. The number of rotatable bonds is 4. The van der Waals surface area contributed by atoms with Crippen LogP contribution < -0.4 is 5.32 Å². The van der Waals surface area contributed by atoms with Gasteiger partial charge in [-0.15, -0.1) is 6.42 Å². The molecule has 0 aromatic heterocycles. The predicted octanol–water partition coefficient (Wildman–Crippen LogP) is 1.02. The molecule has 1 fully saturated rings. The Kier molecular flexibility index (Phi) is 4.77. The fourth-order valence-electron chi connectivity index (χ4n) is 2.37. The van der Waals surface area contributed by atoms with Crippen molar-refractivity contribution in [3.63, 3.8) is 0 Å². The Labute approximate surface area is 109 Å². The smallest absolute Gasteiger partial charge is 0.246 e. The average Bonchev–Trinajstić information content (AvgIpc) is 2.24. The Morgan fingerprint density at radius 2 is 1.94 bits per heavy atom. The molecule has 0 saturated carbocycles. The van der Waals surface area contributed by atoms with Crippen molar-refractivity contribution >= 4 is 11.8 Å². The minimum absolute atomic E-state index is 0.0556. The number of hydrogen-bond donors (Lipinski definition) is 1. The van der Waals surface area contributed by atoms with Crippen LogP contribution in [0.4, 0.5) is 0 Å². The van der Waals surface area contributed by atoms with E-state index in [-0.39, 0.29) is 24.3 Å². The third kappa shape index (κ3) is 3.04. The standard InChI is InChI=1S/C14H22N2O2/c1-6-7-16-12(10(4)5)13(17)15-11(14(16)18)8-9(2)3/h1,9-12H,7-8H2,2-5H3,(H,15,17). The number of nitrogens with zero attached hydrogens (tertiary/aromatic N) is 1. The van der Waals surface area contributed by atoms with Gasteiger partial charge in [0.1, 0.15) is 12.1 Å². The quantitative estimate of drug-likeness (QED) is 0.757. The summed E-state index contributed by atoms with van der Waals surface area (Å²) in [4.78, 5) is 26.0. The minimum atomic E-state index is -0.447.